The van der Waals surface area contributed by atoms with Crippen molar-refractivity contribution in [2.75, 3.05) is 39.6 Å². The van der Waals surface area contributed by atoms with Gasteiger partial charge >= 0.3 is 11.9 Å². The van der Waals surface area contributed by atoms with Crippen LogP contribution in [0.1, 0.15) is 208 Å². The highest BCUT2D eigenvalue weighted by Gasteiger charge is 2.43. The molecule has 4 aromatic carbocycles. The van der Waals surface area contributed by atoms with Crippen molar-refractivity contribution in [3.63, 3.8) is 0 Å². The lowest BCUT2D eigenvalue weighted by Gasteiger charge is -2.44. The maximum Gasteiger partial charge on any atom is 0.338 e. The first kappa shape index (κ1) is 67.5. The van der Waals surface area contributed by atoms with Gasteiger partial charge in [-0.1, -0.05) is 138 Å². The molecule has 452 valence electrons. The first-order valence-electron chi connectivity index (χ1n) is 30.3. The van der Waals surface area contributed by atoms with Crippen molar-refractivity contribution < 1.29 is 47.5 Å². The Balaban J connectivity index is 0.956. The molecule has 0 saturated carbocycles. The Morgan fingerprint density at radius 1 is 0.427 bits per heavy atom. The lowest BCUT2D eigenvalue weighted by atomic mass is 9.73. The average Bonchev–Trinajstić information content (AvgIpc) is 3.62. The van der Waals surface area contributed by atoms with Crippen LogP contribution in [-0.2, 0) is 33.2 Å². The standard InChI is InChI=1S/C72H104O10/c1-65(2,71(13,14)79-53-61(55-33-21-17-22-34-55)69(9,10)81-63(73)57-37-25-19-26-38-57)45-29-31-49-77-67(5,6)47-51-75-59-41-43-60(44-42-59)76-52-48-68(7,8)78-50-32-30-46-66(3,4)72(15,16)80-54-62(56-35-23-18-24-36-56)70(11,12)82-64(74)58-39-27-20-28-40-58/h17-19,21-27,33-44,61-62H,20,28-32,45-54H2,1-16H3. The van der Waals surface area contributed by atoms with E-state index in [4.69, 9.17) is 37.9 Å². The van der Waals surface area contributed by atoms with Crippen LogP contribution in [-0.4, -0.2) is 85.2 Å². The Morgan fingerprint density at radius 3 is 1.21 bits per heavy atom. The molecular formula is C72H104O10. The van der Waals surface area contributed by atoms with Crippen molar-refractivity contribution >= 4 is 11.9 Å². The number of carbonyl (C=O) groups is 2. The molecule has 2 atom stereocenters. The van der Waals surface area contributed by atoms with Crippen LogP contribution >= 0.6 is 0 Å². The van der Waals surface area contributed by atoms with E-state index in [-0.39, 0.29) is 45.8 Å². The van der Waals surface area contributed by atoms with Gasteiger partial charge in [-0.15, -0.1) is 0 Å². The summed E-state index contributed by atoms with van der Waals surface area (Å²) in [6, 6.07) is 37.5. The van der Waals surface area contributed by atoms with Crippen LogP contribution in [0.25, 0.3) is 0 Å². The zero-order chi connectivity index (χ0) is 60.3. The number of benzene rings is 4. The summed E-state index contributed by atoms with van der Waals surface area (Å²) in [6.45, 7) is 37.5. The molecule has 2 unspecified atom stereocenters. The summed E-state index contributed by atoms with van der Waals surface area (Å²) in [5.74, 6) is 0.630. The number of allylic oxidation sites excluding steroid dienone is 2. The van der Waals surface area contributed by atoms with Crippen molar-refractivity contribution in [1.82, 2.24) is 0 Å². The molecule has 82 heavy (non-hydrogen) atoms. The summed E-state index contributed by atoms with van der Waals surface area (Å²) in [7, 11) is 0. The van der Waals surface area contributed by atoms with Gasteiger partial charge in [0, 0.05) is 37.9 Å². The maximum atomic E-state index is 13.2. The highest BCUT2D eigenvalue weighted by Crippen LogP contribution is 2.43. The minimum atomic E-state index is -0.820. The van der Waals surface area contributed by atoms with Gasteiger partial charge in [0.05, 0.1) is 60.0 Å². The first-order valence-corrected chi connectivity index (χ1v) is 30.3. The predicted octanol–water partition coefficient (Wildman–Crippen LogP) is 17.6. The molecule has 0 spiro atoms. The zero-order valence-corrected chi connectivity index (χ0v) is 53.3. The highest BCUT2D eigenvalue weighted by molar-refractivity contribution is 5.92. The second kappa shape index (κ2) is 30.0. The van der Waals surface area contributed by atoms with Gasteiger partial charge in [-0.3, -0.25) is 0 Å². The van der Waals surface area contributed by atoms with Gasteiger partial charge in [-0.05, 0) is 180 Å². The molecule has 0 aromatic heterocycles. The van der Waals surface area contributed by atoms with Crippen molar-refractivity contribution in [1.29, 1.82) is 0 Å². The van der Waals surface area contributed by atoms with Gasteiger partial charge < -0.3 is 37.9 Å². The van der Waals surface area contributed by atoms with E-state index >= 15 is 0 Å². The molecule has 0 fully saturated rings. The fourth-order valence-electron chi connectivity index (χ4n) is 10.1. The third-order valence-corrected chi connectivity index (χ3v) is 17.7. The average molecular weight is 1130 g/mol. The van der Waals surface area contributed by atoms with Crippen molar-refractivity contribution in [3.8, 4) is 11.5 Å². The van der Waals surface area contributed by atoms with Crippen LogP contribution in [0.5, 0.6) is 11.5 Å². The van der Waals surface area contributed by atoms with E-state index in [2.05, 4.69) is 107 Å². The predicted molar refractivity (Wildman–Crippen MR) is 333 cm³/mol. The van der Waals surface area contributed by atoms with E-state index in [0.29, 0.717) is 50.8 Å². The SMILES string of the molecule is CC(C)(CCOc1ccc(OCCC(C)(C)OCCCCC(C)(C)C(C)(C)OCC(c2ccccc2)C(C)(C)OC(=O)c2ccccc2)cc1)OCCCCC(C)(C)C(C)(C)OCC(c1ccccc1)C(C)(C)OC(=O)C1=CCCC=C1. The fraction of sp³-hybridized carbons (Fsp3) is 0.583. The monoisotopic (exact) mass is 1130 g/mol. The number of ether oxygens (including phenoxy) is 8. The van der Waals surface area contributed by atoms with Gasteiger partial charge in [0.2, 0.25) is 0 Å². The number of unbranched alkanes of at least 4 members (excludes halogenated alkanes) is 2. The summed E-state index contributed by atoms with van der Waals surface area (Å²) in [5, 5.41) is 0. The second-order valence-corrected chi connectivity index (χ2v) is 27.1. The van der Waals surface area contributed by atoms with Gasteiger partial charge in [0.15, 0.2) is 0 Å². The minimum Gasteiger partial charge on any atom is -0.493 e. The molecule has 0 bridgehead atoms. The molecule has 0 N–H and O–H groups in total. The van der Waals surface area contributed by atoms with Crippen LogP contribution in [0.2, 0.25) is 0 Å². The molecule has 5 rings (SSSR count). The van der Waals surface area contributed by atoms with Crippen molar-refractivity contribution in [2.45, 2.75) is 220 Å². The van der Waals surface area contributed by atoms with E-state index in [9.17, 15) is 9.59 Å². The lowest BCUT2D eigenvalue weighted by Crippen LogP contribution is -2.45. The Kier molecular flexibility index (Phi) is 24.7. The van der Waals surface area contributed by atoms with Gasteiger partial charge in [-0.25, -0.2) is 9.59 Å². The second-order valence-electron chi connectivity index (χ2n) is 27.1. The summed E-state index contributed by atoms with van der Waals surface area (Å²) in [4.78, 5) is 26.4. The Bertz CT molecular complexity index is 2590. The van der Waals surface area contributed by atoms with Crippen LogP contribution in [0.4, 0.5) is 0 Å². The quantitative estimate of drug-likeness (QED) is 0.0323. The third-order valence-electron chi connectivity index (χ3n) is 17.7. The number of esters is 2. The van der Waals surface area contributed by atoms with Gasteiger partial charge in [0.25, 0.3) is 0 Å². The van der Waals surface area contributed by atoms with Crippen LogP contribution in [0.15, 0.2) is 139 Å². The highest BCUT2D eigenvalue weighted by atomic mass is 16.6. The molecule has 1 aliphatic carbocycles. The molecule has 0 radical (unpaired) electrons. The first-order chi connectivity index (χ1) is 38.4. The summed E-state index contributed by atoms with van der Waals surface area (Å²) >= 11 is 0. The van der Waals surface area contributed by atoms with E-state index in [1.165, 1.54) is 0 Å². The molecule has 10 heteroatoms. The molecule has 10 nitrogen and oxygen atoms in total. The van der Waals surface area contributed by atoms with Gasteiger partial charge in [0.1, 0.15) is 22.7 Å². The number of rotatable bonds is 36. The van der Waals surface area contributed by atoms with Crippen molar-refractivity contribution in [3.05, 3.63) is 156 Å². The lowest BCUT2D eigenvalue weighted by molar-refractivity contribution is -0.160. The summed E-state index contributed by atoms with van der Waals surface area (Å²) in [5.41, 5.74) is -0.139. The Hall–Kier alpha value is -5.26. The normalized spacial score (nSPS) is 14.7. The maximum absolute atomic E-state index is 13.2. The zero-order valence-electron chi connectivity index (χ0n) is 53.3. The molecule has 0 saturated heterocycles. The molecule has 4 aromatic rings. The fourth-order valence-corrected chi connectivity index (χ4v) is 10.1. The van der Waals surface area contributed by atoms with Crippen LogP contribution in [0.3, 0.4) is 0 Å². The Morgan fingerprint density at radius 2 is 0.817 bits per heavy atom. The summed E-state index contributed by atoms with van der Waals surface area (Å²) in [6.07, 6.45) is 15.0. The largest absolute Gasteiger partial charge is 0.493 e. The molecule has 0 amide bonds. The molecular weight excluding hydrogens is 1020 g/mol. The number of carbonyl (C=O) groups excluding carboxylic acids is 2. The summed E-state index contributed by atoms with van der Waals surface area (Å²) < 4.78 is 51.2. The number of hydrogen-bond donors (Lipinski definition) is 0. The van der Waals surface area contributed by atoms with E-state index < -0.39 is 22.4 Å². The smallest absolute Gasteiger partial charge is 0.338 e. The molecule has 0 aliphatic heterocycles. The van der Waals surface area contributed by atoms with Crippen LogP contribution < -0.4 is 9.47 Å². The van der Waals surface area contributed by atoms with E-state index in [1.54, 1.807) is 12.1 Å². The Labute approximate surface area is 495 Å². The van der Waals surface area contributed by atoms with Crippen LogP contribution in [0, 0.1) is 10.8 Å². The van der Waals surface area contributed by atoms with E-state index in [0.717, 1.165) is 86.8 Å². The molecule has 1 aliphatic rings. The third kappa shape index (κ3) is 21.1. The minimum absolute atomic E-state index is 0.127. The molecule has 0 heterocycles. The topological polar surface area (TPSA) is 108 Å². The van der Waals surface area contributed by atoms with Crippen molar-refractivity contribution in [2.24, 2.45) is 10.8 Å². The van der Waals surface area contributed by atoms with Gasteiger partial charge in [-0.2, -0.15) is 0 Å². The van der Waals surface area contributed by atoms with E-state index in [1.807, 2.05) is 125 Å². The number of hydrogen-bond acceptors (Lipinski definition) is 10.